The van der Waals surface area contributed by atoms with E-state index in [1.807, 2.05) is 24.3 Å². The van der Waals surface area contributed by atoms with Crippen LogP contribution in [0.3, 0.4) is 0 Å². The molecule has 30 heavy (non-hydrogen) atoms. The van der Waals surface area contributed by atoms with Crippen LogP contribution in [-0.4, -0.2) is 39.2 Å². The van der Waals surface area contributed by atoms with Crippen molar-refractivity contribution in [3.63, 3.8) is 0 Å². The quantitative estimate of drug-likeness (QED) is 0.292. The number of thioether (sulfide) groups is 1. The molecule has 0 spiro atoms. The number of hydrogen-bond acceptors (Lipinski definition) is 6. The Morgan fingerprint density at radius 3 is 2.50 bits per heavy atom. The van der Waals surface area contributed by atoms with Gasteiger partial charge in [-0.3, -0.25) is 14.2 Å². The lowest BCUT2D eigenvalue weighted by Gasteiger charge is -2.20. The lowest BCUT2D eigenvalue weighted by molar-refractivity contribution is -0.128. The van der Waals surface area contributed by atoms with Gasteiger partial charge in [0.25, 0.3) is 5.56 Å². The van der Waals surface area contributed by atoms with Gasteiger partial charge in [0, 0.05) is 19.6 Å². The highest BCUT2D eigenvalue weighted by atomic mass is 32.2. The zero-order chi connectivity index (χ0) is 21.8. The largest absolute Gasteiger partial charge is 0.340 e. The van der Waals surface area contributed by atoms with Crippen molar-refractivity contribution in [2.45, 2.75) is 57.1 Å². The van der Waals surface area contributed by atoms with Gasteiger partial charge in [-0.1, -0.05) is 50.1 Å². The number of carbonyl (C=O) groups excluding carboxylic acids is 1. The molecule has 0 saturated heterocycles. The molecule has 0 unspecified atom stereocenters. The number of para-hydroxylation sites is 1. The maximum atomic E-state index is 13.0. The van der Waals surface area contributed by atoms with E-state index in [1.54, 1.807) is 16.7 Å². The van der Waals surface area contributed by atoms with Crippen molar-refractivity contribution in [2.24, 2.45) is 0 Å². The zero-order valence-electron chi connectivity index (χ0n) is 17.3. The molecule has 1 heterocycles. The zero-order valence-corrected chi connectivity index (χ0v) is 18.2. The molecule has 158 valence electrons. The summed E-state index contributed by atoms with van der Waals surface area (Å²) in [5.41, 5.74) is 0.533. The van der Waals surface area contributed by atoms with E-state index in [0.717, 1.165) is 25.7 Å². The van der Waals surface area contributed by atoms with E-state index >= 15 is 0 Å². The van der Waals surface area contributed by atoms with E-state index in [1.165, 1.54) is 16.7 Å². The van der Waals surface area contributed by atoms with Crippen molar-refractivity contribution >= 4 is 28.6 Å². The minimum absolute atomic E-state index is 0.0853. The maximum Gasteiger partial charge on any atom is 0.262 e. The molecule has 0 atom stereocenters. The number of nitrogens with zero attached hydrogens (tertiary/aromatic N) is 5. The van der Waals surface area contributed by atoms with E-state index in [2.05, 4.69) is 11.9 Å². The molecule has 2 aromatic rings. The van der Waals surface area contributed by atoms with Gasteiger partial charge in [-0.15, -0.1) is 0 Å². The highest BCUT2D eigenvalue weighted by Gasteiger charge is 2.17. The molecule has 1 aromatic heterocycles. The van der Waals surface area contributed by atoms with E-state index in [9.17, 15) is 9.59 Å². The number of hydrogen-bond donors (Lipinski definition) is 0. The molecule has 2 rings (SSSR count). The summed E-state index contributed by atoms with van der Waals surface area (Å²) in [6.45, 7) is 3.31. The summed E-state index contributed by atoms with van der Waals surface area (Å²) in [4.78, 5) is 31.8. The summed E-state index contributed by atoms with van der Waals surface area (Å²) in [6.07, 6.45) is 4.59. The normalized spacial score (nSPS) is 10.5. The number of rotatable bonds is 12. The van der Waals surface area contributed by atoms with Crippen molar-refractivity contribution in [1.82, 2.24) is 14.5 Å². The molecule has 1 aromatic carbocycles. The van der Waals surface area contributed by atoms with Crippen LogP contribution >= 0.6 is 11.8 Å². The predicted octanol–water partition coefficient (Wildman–Crippen LogP) is 3.72. The minimum Gasteiger partial charge on any atom is -0.340 e. The van der Waals surface area contributed by atoms with E-state index in [0.29, 0.717) is 35.7 Å². The number of carbonyl (C=O) groups is 1. The average molecular weight is 426 g/mol. The van der Waals surface area contributed by atoms with Gasteiger partial charge in [-0.05, 0) is 18.6 Å². The second-order valence-corrected chi connectivity index (χ2v) is 7.86. The number of amides is 1. The number of nitriles is 2. The fraction of sp³-hybridized carbons (Fsp3) is 0.500. The van der Waals surface area contributed by atoms with Gasteiger partial charge in [-0.2, -0.15) is 10.5 Å². The Morgan fingerprint density at radius 1 is 1.13 bits per heavy atom. The number of unbranched alkanes of at least 4 members (excludes halogenated alkanes) is 3. The van der Waals surface area contributed by atoms with Crippen molar-refractivity contribution in [2.75, 3.05) is 18.8 Å². The van der Waals surface area contributed by atoms with Crippen molar-refractivity contribution < 1.29 is 4.79 Å². The molecule has 0 radical (unpaired) electrons. The van der Waals surface area contributed by atoms with Crippen LogP contribution in [0.25, 0.3) is 10.9 Å². The van der Waals surface area contributed by atoms with Crippen LogP contribution in [0.15, 0.2) is 34.2 Å². The minimum atomic E-state index is -0.162. The van der Waals surface area contributed by atoms with Crippen LogP contribution in [0.5, 0.6) is 0 Å². The van der Waals surface area contributed by atoms with E-state index in [-0.39, 0.29) is 30.1 Å². The van der Waals surface area contributed by atoms with Crippen LogP contribution in [0, 0.1) is 22.7 Å². The summed E-state index contributed by atoms with van der Waals surface area (Å²) >= 11 is 1.24. The lowest BCUT2D eigenvalue weighted by atomic mass is 10.2. The predicted molar refractivity (Wildman–Crippen MR) is 118 cm³/mol. The number of fused-ring (bicyclic) bond motifs is 1. The smallest absolute Gasteiger partial charge is 0.262 e. The third-order valence-electron chi connectivity index (χ3n) is 4.73. The molecule has 0 N–H and O–H groups in total. The molecule has 0 saturated carbocycles. The Hall–Kier alpha value is -2.84. The van der Waals surface area contributed by atoms with Gasteiger partial charge in [-0.25, -0.2) is 4.98 Å². The fourth-order valence-corrected chi connectivity index (χ4v) is 4.03. The molecule has 1 amide bonds. The molecular formula is C22H27N5O2S. The van der Waals surface area contributed by atoms with E-state index < -0.39 is 0 Å². The van der Waals surface area contributed by atoms with Crippen LogP contribution in [0.2, 0.25) is 0 Å². The Kier molecular flexibility index (Phi) is 9.90. The number of benzene rings is 1. The average Bonchev–Trinajstić information content (AvgIpc) is 2.76. The van der Waals surface area contributed by atoms with Gasteiger partial charge in [0.2, 0.25) is 5.91 Å². The Labute approximate surface area is 181 Å². The molecular weight excluding hydrogens is 398 g/mol. The first-order chi connectivity index (χ1) is 14.6. The molecule has 0 aliphatic carbocycles. The van der Waals surface area contributed by atoms with Gasteiger partial charge in [0.05, 0.1) is 41.6 Å². The molecule has 0 bridgehead atoms. The first kappa shape index (κ1) is 23.4. The van der Waals surface area contributed by atoms with Crippen molar-refractivity contribution in [1.29, 1.82) is 10.5 Å². The van der Waals surface area contributed by atoms with Crippen LogP contribution in [-0.2, 0) is 11.3 Å². The van der Waals surface area contributed by atoms with Crippen LogP contribution in [0.1, 0.15) is 45.4 Å². The molecule has 0 aliphatic heterocycles. The lowest BCUT2D eigenvalue weighted by Crippen LogP contribution is -2.34. The summed E-state index contributed by atoms with van der Waals surface area (Å²) in [7, 11) is 0. The molecule has 0 fully saturated rings. The second kappa shape index (κ2) is 12.7. The van der Waals surface area contributed by atoms with Crippen LogP contribution < -0.4 is 5.56 Å². The third-order valence-corrected chi connectivity index (χ3v) is 5.69. The van der Waals surface area contributed by atoms with Gasteiger partial charge in [0.1, 0.15) is 0 Å². The Bertz CT molecular complexity index is 972. The SMILES string of the molecule is CCCCCCn1c(SCC(=O)N(CCC#N)CCC#N)nc2ccccc2c1=O. The van der Waals surface area contributed by atoms with Gasteiger partial charge < -0.3 is 4.90 Å². The van der Waals surface area contributed by atoms with Crippen molar-refractivity contribution in [3.05, 3.63) is 34.6 Å². The summed E-state index contributed by atoms with van der Waals surface area (Å²) < 4.78 is 1.67. The highest BCUT2D eigenvalue weighted by Crippen LogP contribution is 2.19. The molecule has 7 nitrogen and oxygen atoms in total. The first-order valence-electron chi connectivity index (χ1n) is 10.3. The van der Waals surface area contributed by atoms with E-state index in [4.69, 9.17) is 10.5 Å². The Morgan fingerprint density at radius 2 is 1.83 bits per heavy atom. The molecule has 0 aliphatic rings. The Balaban J connectivity index is 2.21. The summed E-state index contributed by atoms with van der Waals surface area (Å²) in [5, 5.41) is 18.7. The van der Waals surface area contributed by atoms with Gasteiger partial charge >= 0.3 is 0 Å². The summed E-state index contributed by atoms with van der Waals surface area (Å²) in [5.74, 6) is -0.0539. The first-order valence-corrected chi connectivity index (χ1v) is 11.2. The summed E-state index contributed by atoms with van der Waals surface area (Å²) in [6, 6.07) is 11.3. The standard InChI is InChI=1S/C22H27N5O2S/c1-2-3-4-7-16-27-21(29)18-10-5-6-11-19(18)25-22(27)30-17-20(28)26(14-8-12-23)15-9-13-24/h5-6,10-11H,2-4,7-9,14-17H2,1H3. The number of aromatic nitrogens is 2. The van der Waals surface area contributed by atoms with Gasteiger partial charge in [0.15, 0.2) is 5.16 Å². The fourth-order valence-electron chi connectivity index (χ4n) is 3.10. The van der Waals surface area contributed by atoms with Crippen LogP contribution in [0.4, 0.5) is 0 Å². The monoisotopic (exact) mass is 425 g/mol. The third kappa shape index (κ3) is 6.60. The topological polar surface area (TPSA) is 103 Å². The van der Waals surface area contributed by atoms with Crippen molar-refractivity contribution in [3.8, 4) is 12.1 Å². The highest BCUT2D eigenvalue weighted by molar-refractivity contribution is 7.99. The second-order valence-electron chi connectivity index (χ2n) is 6.91. The molecule has 8 heteroatoms. The maximum absolute atomic E-state index is 13.0.